The number of nitrogens with one attached hydrogen (secondary N) is 1. The summed E-state index contributed by atoms with van der Waals surface area (Å²) in [5.41, 5.74) is 0. The summed E-state index contributed by atoms with van der Waals surface area (Å²) >= 11 is 9.25. The van der Waals surface area contributed by atoms with Crippen LogP contribution in [-0.2, 0) is 4.79 Å². The van der Waals surface area contributed by atoms with Crippen LogP contribution in [0.4, 0.5) is 5.82 Å². The van der Waals surface area contributed by atoms with Gasteiger partial charge in [-0.3, -0.25) is 4.79 Å². The van der Waals surface area contributed by atoms with Gasteiger partial charge in [-0.15, -0.1) is 0 Å². The predicted molar refractivity (Wildman–Crippen MR) is 73.9 cm³/mol. The second-order valence-corrected chi connectivity index (χ2v) is 5.84. The number of hydrogen-bond acceptors (Lipinski definition) is 3. The molecule has 0 saturated heterocycles. The van der Waals surface area contributed by atoms with E-state index in [0.29, 0.717) is 10.9 Å². The molecular weight excluding hydrogens is 320 g/mol. The van der Waals surface area contributed by atoms with E-state index in [1.807, 2.05) is 0 Å². The van der Waals surface area contributed by atoms with Crippen molar-refractivity contribution in [3.8, 4) is 0 Å². The first-order chi connectivity index (χ1) is 8.56. The number of pyridine rings is 1. The van der Waals surface area contributed by atoms with Gasteiger partial charge in [-0.1, -0.05) is 11.6 Å². The fourth-order valence-electron chi connectivity index (χ4n) is 2.24. The van der Waals surface area contributed by atoms with Crippen LogP contribution in [-0.4, -0.2) is 22.6 Å². The summed E-state index contributed by atoms with van der Waals surface area (Å²) in [6.07, 6.45) is 4.12. The maximum absolute atomic E-state index is 10.8. The van der Waals surface area contributed by atoms with Crippen molar-refractivity contribution in [3.05, 3.63) is 21.8 Å². The van der Waals surface area contributed by atoms with Gasteiger partial charge in [0.1, 0.15) is 5.82 Å². The number of nitrogens with zero attached hydrogens (tertiary/aromatic N) is 1. The number of anilines is 1. The molecule has 1 aromatic rings. The van der Waals surface area contributed by atoms with Crippen molar-refractivity contribution in [2.45, 2.75) is 19.3 Å². The quantitative estimate of drug-likeness (QED) is 0.886. The average Bonchev–Trinajstić information content (AvgIpc) is 2.79. The first-order valence-electron chi connectivity index (χ1n) is 5.84. The van der Waals surface area contributed by atoms with E-state index in [1.165, 1.54) is 0 Å². The lowest BCUT2D eigenvalue weighted by atomic mass is 10.1. The van der Waals surface area contributed by atoms with Crippen LogP contribution in [0, 0.1) is 11.8 Å². The van der Waals surface area contributed by atoms with E-state index in [9.17, 15) is 4.79 Å². The van der Waals surface area contributed by atoms with Crippen LogP contribution in [0.5, 0.6) is 0 Å². The second kappa shape index (κ2) is 5.89. The van der Waals surface area contributed by atoms with Gasteiger partial charge in [0.05, 0.1) is 15.4 Å². The van der Waals surface area contributed by atoms with Gasteiger partial charge >= 0.3 is 5.97 Å². The molecule has 0 aromatic carbocycles. The van der Waals surface area contributed by atoms with Crippen LogP contribution in [0.3, 0.4) is 0 Å². The third kappa shape index (κ3) is 3.36. The largest absolute Gasteiger partial charge is 0.481 e. The zero-order chi connectivity index (χ0) is 13.1. The van der Waals surface area contributed by atoms with E-state index in [-0.39, 0.29) is 5.92 Å². The van der Waals surface area contributed by atoms with Gasteiger partial charge in [-0.25, -0.2) is 4.98 Å². The molecule has 98 valence electrons. The van der Waals surface area contributed by atoms with Crippen LogP contribution >= 0.6 is 27.5 Å². The summed E-state index contributed by atoms with van der Waals surface area (Å²) in [5, 5.41) is 12.7. The molecular formula is C12H14BrClN2O2. The maximum Gasteiger partial charge on any atom is 0.306 e. The van der Waals surface area contributed by atoms with Crippen LogP contribution in [0.2, 0.25) is 5.02 Å². The van der Waals surface area contributed by atoms with E-state index < -0.39 is 5.97 Å². The van der Waals surface area contributed by atoms with E-state index in [0.717, 1.165) is 36.1 Å². The molecule has 18 heavy (non-hydrogen) atoms. The SMILES string of the molecule is O=C(O)[C@H]1CCC(CNc2cc(Cl)c(Br)cn2)C1. The van der Waals surface area contributed by atoms with Crippen molar-refractivity contribution in [1.82, 2.24) is 4.98 Å². The molecule has 1 fully saturated rings. The fraction of sp³-hybridized carbons (Fsp3) is 0.500. The number of halogens is 2. The molecule has 0 spiro atoms. The number of rotatable bonds is 4. The Morgan fingerprint density at radius 1 is 1.61 bits per heavy atom. The highest BCUT2D eigenvalue weighted by Gasteiger charge is 2.29. The molecule has 2 atom stereocenters. The zero-order valence-corrected chi connectivity index (χ0v) is 12.0. The average molecular weight is 334 g/mol. The van der Waals surface area contributed by atoms with Crippen molar-refractivity contribution < 1.29 is 9.90 Å². The Morgan fingerprint density at radius 3 is 3.00 bits per heavy atom. The Morgan fingerprint density at radius 2 is 2.39 bits per heavy atom. The normalized spacial score (nSPS) is 23.0. The number of carboxylic acids is 1. The summed E-state index contributed by atoms with van der Waals surface area (Å²) in [6, 6.07) is 1.76. The Balaban J connectivity index is 1.85. The van der Waals surface area contributed by atoms with Crippen LogP contribution < -0.4 is 5.32 Å². The van der Waals surface area contributed by atoms with Crippen molar-refractivity contribution in [3.63, 3.8) is 0 Å². The highest BCUT2D eigenvalue weighted by Crippen LogP contribution is 2.31. The predicted octanol–water partition coefficient (Wildman–Crippen LogP) is 3.41. The van der Waals surface area contributed by atoms with E-state index in [4.69, 9.17) is 16.7 Å². The Labute approximate surface area is 119 Å². The Kier molecular flexibility index (Phi) is 4.45. The number of carbonyl (C=O) groups is 1. The molecule has 0 amide bonds. The first-order valence-corrected chi connectivity index (χ1v) is 7.01. The van der Waals surface area contributed by atoms with Gasteiger partial charge in [-0.2, -0.15) is 0 Å². The van der Waals surface area contributed by atoms with Gasteiger partial charge in [-0.05, 0) is 41.1 Å². The molecule has 1 aliphatic rings. The fourth-order valence-corrected chi connectivity index (χ4v) is 2.61. The number of hydrogen-bond donors (Lipinski definition) is 2. The molecule has 2 rings (SSSR count). The maximum atomic E-state index is 10.8. The van der Waals surface area contributed by atoms with Gasteiger partial charge in [0.15, 0.2) is 0 Å². The van der Waals surface area contributed by atoms with E-state index >= 15 is 0 Å². The molecule has 0 bridgehead atoms. The molecule has 0 radical (unpaired) electrons. The minimum Gasteiger partial charge on any atom is -0.481 e. The lowest BCUT2D eigenvalue weighted by Crippen LogP contribution is -2.14. The lowest BCUT2D eigenvalue weighted by Gasteiger charge is -2.12. The second-order valence-electron chi connectivity index (χ2n) is 4.58. The summed E-state index contributed by atoms with van der Waals surface area (Å²) in [6.45, 7) is 0.745. The number of aromatic nitrogens is 1. The molecule has 4 nitrogen and oxygen atoms in total. The van der Waals surface area contributed by atoms with Crippen LogP contribution in [0.15, 0.2) is 16.7 Å². The smallest absolute Gasteiger partial charge is 0.306 e. The molecule has 2 N–H and O–H groups in total. The Bertz CT molecular complexity index is 456. The summed E-state index contributed by atoms with van der Waals surface area (Å²) in [7, 11) is 0. The minimum absolute atomic E-state index is 0.182. The molecule has 1 aromatic heterocycles. The summed E-state index contributed by atoms with van der Waals surface area (Å²) in [5.74, 6) is 0.262. The third-order valence-corrected chi connectivity index (χ3v) is 4.44. The van der Waals surface area contributed by atoms with Crippen LogP contribution in [0.1, 0.15) is 19.3 Å². The van der Waals surface area contributed by atoms with Crippen molar-refractivity contribution >= 4 is 39.3 Å². The molecule has 1 aliphatic carbocycles. The third-order valence-electron chi connectivity index (χ3n) is 3.27. The highest BCUT2D eigenvalue weighted by atomic mass is 79.9. The molecule has 1 heterocycles. The van der Waals surface area contributed by atoms with Crippen molar-refractivity contribution in [2.75, 3.05) is 11.9 Å². The van der Waals surface area contributed by atoms with Crippen LogP contribution in [0.25, 0.3) is 0 Å². The summed E-state index contributed by atoms with van der Waals surface area (Å²) in [4.78, 5) is 15.0. The Hall–Kier alpha value is -0.810. The number of aliphatic carboxylic acids is 1. The van der Waals surface area contributed by atoms with Crippen molar-refractivity contribution in [1.29, 1.82) is 0 Å². The van der Waals surface area contributed by atoms with Gasteiger partial charge in [0.2, 0.25) is 0 Å². The monoisotopic (exact) mass is 332 g/mol. The minimum atomic E-state index is -0.678. The standard InChI is InChI=1S/C12H14BrClN2O2/c13-9-6-16-11(4-10(9)14)15-5-7-1-2-8(3-7)12(17)18/h4,6-8H,1-3,5H2,(H,15,16)(H,17,18)/t7?,8-/m0/s1. The lowest BCUT2D eigenvalue weighted by molar-refractivity contribution is -0.141. The van der Waals surface area contributed by atoms with Crippen molar-refractivity contribution in [2.24, 2.45) is 11.8 Å². The van der Waals surface area contributed by atoms with Gasteiger partial charge < -0.3 is 10.4 Å². The van der Waals surface area contributed by atoms with Gasteiger partial charge in [0, 0.05) is 18.8 Å². The molecule has 0 aliphatic heterocycles. The molecule has 1 unspecified atom stereocenters. The first kappa shape index (κ1) is 13.6. The molecule has 6 heteroatoms. The topological polar surface area (TPSA) is 62.2 Å². The summed E-state index contributed by atoms with van der Waals surface area (Å²) < 4.78 is 0.765. The highest BCUT2D eigenvalue weighted by molar-refractivity contribution is 9.10. The number of carboxylic acid groups (broad SMARTS) is 1. The zero-order valence-electron chi connectivity index (χ0n) is 9.70. The van der Waals surface area contributed by atoms with E-state index in [2.05, 4.69) is 26.2 Å². The van der Waals surface area contributed by atoms with E-state index in [1.54, 1.807) is 12.3 Å². The van der Waals surface area contributed by atoms with Gasteiger partial charge in [0.25, 0.3) is 0 Å². The molecule has 1 saturated carbocycles.